The maximum absolute atomic E-state index is 13.1. The topological polar surface area (TPSA) is 74.8 Å². The number of ether oxygens (including phenoxy) is 2. The molecule has 29 heavy (non-hydrogen) atoms. The summed E-state index contributed by atoms with van der Waals surface area (Å²) >= 11 is 5.95. The SMILES string of the molecule is COc1ccc(OC)c2[nH]c(C(=O)N3CCC(O)(c4ccc(Cl)cc4)CC3)cc12. The predicted molar refractivity (Wildman–Crippen MR) is 112 cm³/mol. The van der Waals surface area contributed by atoms with Gasteiger partial charge in [0.25, 0.3) is 5.91 Å². The Morgan fingerprint density at radius 3 is 2.31 bits per heavy atom. The lowest BCUT2D eigenvalue weighted by Crippen LogP contribution is -2.45. The molecule has 6 nitrogen and oxygen atoms in total. The van der Waals surface area contributed by atoms with Gasteiger partial charge in [-0.15, -0.1) is 0 Å². The Balaban J connectivity index is 1.55. The summed E-state index contributed by atoms with van der Waals surface area (Å²) in [6.07, 6.45) is 0.931. The minimum absolute atomic E-state index is 0.108. The Labute approximate surface area is 174 Å². The molecule has 0 saturated carbocycles. The number of carbonyl (C=O) groups excluding carboxylic acids is 1. The zero-order chi connectivity index (χ0) is 20.6. The molecule has 2 N–H and O–H groups in total. The molecular formula is C22H23ClN2O4. The van der Waals surface area contributed by atoms with Crippen LogP contribution in [-0.4, -0.2) is 48.2 Å². The molecule has 3 aromatic rings. The molecule has 0 bridgehead atoms. The molecule has 0 spiro atoms. The Kier molecular flexibility index (Phi) is 5.15. The molecule has 4 rings (SSSR count). The second-order valence-electron chi connectivity index (χ2n) is 7.27. The normalized spacial score (nSPS) is 16.1. The van der Waals surface area contributed by atoms with Gasteiger partial charge in [0.1, 0.15) is 17.2 Å². The lowest BCUT2D eigenvalue weighted by molar-refractivity contribution is -0.0212. The van der Waals surface area contributed by atoms with Crippen LogP contribution >= 0.6 is 11.6 Å². The number of aromatic nitrogens is 1. The molecule has 0 radical (unpaired) electrons. The number of H-pyrrole nitrogens is 1. The predicted octanol–water partition coefficient (Wildman–Crippen LogP) is 3.96. The number of rotatable bonds is 4. The quantitative estimate of drug-likeness (QED) is 0.677. The summed E-state index contributed by atoms with van der Waals surface area (Å²) in [5, 5.41) is 12.5. The van der Waals surface area contributed by atoms with Gasteiger partial charge in [0.05, 0.1) is 25.3 Å². The molecule has 1 aromatic heterocycles. The zero-order valence-corrected chi connectivity index (χ0v) is 17.1. The highest BCUT2D eigenvalue weighted by Gasteiger charge is 2.36. The molecule has 1 amide bonds. The van der Waals surface area contributed by atoms with Crippen LogP contribution in [0.3, 0.4) is 0 Å². The van der Waals surface area contributed by atoms with Gasteiger partial charge in [-0.05, 0) is 48.7 Å². The number of halogens is 1. The van der Waals surface area contributed by atoms with Crippen molar-refractivity contribution in [3.05, 3.63) is 58.7 Å². The van der Waals surface area contributed by atoms with Gasteiger partial charge in [-0.2, -0.15) is 0 Å². The van der Waals surface area contributed by atoms with E-state index in [0.29, 0.717) is 48.1 Å². The van der Waals surface area contributed by atoms with Gasteiger partial charge >= 0.3 is 0 Å². The first-order valence-electron chi connectivity index (χ1n) is 9.46. The summed E-state index contributed by atoms with van der Waals surface area (Å²) in [4.78, 5) is 18.0. The summed E-state index contributed by atoms with van der Waals surface area (Å²) in [5.41, 5.74) is 1.08. The Morgan fingerprint density at radius 1 is 1.07 bits per heavy atom. The second kappa shape index (κ2) is 7.61. The molecule has 2 aromatic carbocycles. The zero-order valence-electron chi connectivity index (χ0n) is 16.4. The maximum atomic E-state index is 13.1. The maximum Gasteiger partial charge on any atom is 0.270 e. The van der Waals surface area contributed by atoms with Crippen LogP contribution in [0.2, 0.25) is 5.02 Å². The van der Waals surface area contributed by atoms with Crippen molar-refractivity contribution in [1.82, 2.24) is 9.88 Å². The molecular weight excluding hydrogens is 392 g/mol. The van der Waals surface area contributed by atoms with Gasteiger partial charge < -0.3 is 24.5 Å². The van der Waals surface area contributed by atoms with Crippen molar-refractivity contribution in [1.29, 1.82) is 0 Å². The molecule has 1 saturated heterocycles. The molecule has 1 aliphatic rings. The molecule has 7 heteroatoms. The first-order valence-corrected chi connectivity index (χ1v) is 9.84. The van der Waals surface area contributed by atoms with E-state index in [-0.39, 0.29) is 5.91 Å². The van der Waals surface area contributed by atoms with E-state index in [0.717, 1.165) is 16.5 Å². The number of piperidine rings is 1. The smallest absolute Gasteiger partial charge is 0.270 e. The number of nitrogens with zero attached hydrogens (tertiary/aromatic N) is 1. The fourth-order valence-electron chi connectivity index (χ4n) is 3.93. The Morgan fingerprint density at radius 2 is 1.69 bits per heavy atom. The number of hydrogen-bond donors (Lipinski definition) is 2. The third-order valence-corrected chi connectivity index (χ3v) is 5.90. The summed E-state index contributed by atoms with van der Waals surface area (Å²) in [6.45, 7) is 0.920. The fraction of sp³-hybridized carbons (Fsp3) is 0.318. The van der Waals surface area contributed by atoms with Gasteiger partial charge in [0, 0.05) is 23.5 Å². The van der Waals surface area contributed by atoms with E-state index in [2.05, 4.69) is 4.98 Å². The molecule has 0 unspecified atom stereocenters. The van der Waals surface area contributed by atoms with E-state index >= 15 is 0 Å². The third-order valence-electron chi connectivity index (χ3n) is 5.65. The molecule has 0 aliphatic carbocycles. The van der Waals surface area contributed by atoms with Crippen LogP contribution in [0.25, 0.3) is 10.9 Å². The van der Waals surface area contributed by atoms with Gasteiger partial charge in [-0.3, -0.25) is 4.79 Å². The number of fused-ring (bicyclic) bond motifs is 1. The van der Waals surface area contributed by atoms with Crippen molar-refractivity contribution in [2.24, 2.45) is 0 Å². The number of carbonyl (C=O) groups is 1. The lowest BCUT2D eigenvalue weighted by Gasteiger charge is -2.38. The molecule has 1 fully saturated rings. The lowest BCUT2D eigenvalue weighted by atomic mass is 9.84. The van der Waals surface area contributed by atoms with E-state index in [1.165, 1.54) is 0 Å². The summed E-state index contributed by atoms with van der Waals surface area (Å²) in [5.74, 6) is 1.21. The van der Waals surface area contributed by atoms with E-state index in [9.17, 15) is 9.90 Å². The molecule has 152 valence electrons. The van der Waals surface area contributed by atoms with Crippen molar-refractivity contribution < 1.29 is 19.4 Å². The third kappa shape index (κ3) is 3.54. The van der Waals surface area contributed by atoms with Crippen LogP contribution in [0, 0.1) is 0 Å². The first kappa shape index (κ1) is 19.6. The number of methoxy groups -OCH3 is 2. The number of aromatic amines is 1. The van der Waals surface area contributed by atoms with E-state index in [1.807, 2.05) is 18.2 Å². The standard InChI is InChI=1S/C22H23ClN2O4/c1-28-18-7-8-19(29-2)20-16(18)13-17(24-20)21(26)25-11-9-22(27,10-12-25)14-3-5-15(23)6-4-14/h3-8,13,24,27H,9-12H2,1-2H3. The van der Waals surface area contributed by atoms with Crippen LogP contribution < -0.4 is 9.47 Å². The van der Waals surface area contributed by atoms with Crippen LogP contribution in [0.15, 0.2) is 42.5 Å². The molecule has 0 atom stereocenters. The minimum Gasteiger partial charge on any atom is -0.496 e. The van der Waals surface area contributed by atoms with Crippen LogP contribution in [0.4, 0.5) is 0 Å². The number of hydrogen-bond acceptors (Lipinski definition) is 4. The van der Waals surface area contributed by atoms with Gasteiger partial charge in [0.15, 0.2) is 0 Å². The molecule has 2 heterocycles. The average molecular weight is 415 g/mol. The van der Waals surface area contributed by atoms with Crippen LogP contribution in [0.1, 0.15) is 28.9 Å². The highest BCUT2D eigenvalue weighted by molar-refractivity contribution is 6.30. The van der Waals surface area contributed by atoms with E-state index < -0.39 is 5.60 Å². The van der Waals surface area contributed by atoms with Crippen LogP contribution in [-0.2, 0) is 5.60 Å². The Hall–Kier alpha value is -2.70. The summed E-state index contributed by atoms with van der Waals surface area (Å²) in [6, 6.07) is 12.6. The number of amides is 1. The number of aliphatic hydroxyl groups is 1. The molecule has 1 aliphatic heterocycles. The number of nitrogens with one attached hydrogen (secondary N) is 1. The average Bonchev–Trinajstić information content (AvgIpc) is 3.19. The van der Waals surface area contributed by atoms with Crippen molar-refractivity contribution in [3.8, 4) is 11.5 Å². The van der Waals surface area contributed by atoms with E-state index in [1.54, 1.807) is 43.4 Å². The van der Waals surface area contributed by atoms with Crippen molar-refractivity contribution in [2.45, 2.75) is 18.4 Å². The number of likely N-dealkylation sites (tertiary alicyclic amines) is 1. The van der Waals surface area contributed by atoms with Crippen molar-refractivity contribution >= 4 is 28.4 Å². The van der Waals surface area contributed by atoms with Crippen LogP contribution in [0.5, 0.6) is 11.5 Å². The van der Waals surface area contributed by atoms with Crippen molar-refractivity contribution in [3.63, 3.8) is 0 Å². The monoisotopic (exact) mass is 414 g/mol. The summed E-state index contributed by atoms with van der Waals surface area (Å²) < 4.78 is 10.8. The highest BCUT2D eigenvalue weighted by atomic mass is 35.5. The van der Waals surface area contributed by atoms with E-state index in [4.69, 9.17) is 21.1 Å². The van der Waals surface area contributed by atoms with Crippen molar-refractivity contribution in [2.75, 3.05) is 27.3 Å². The number of benzene rings is 2. The Bertz CT molecular complexity index is 996. The summed E-state index contributed by atoms with van der Waals surface area (Å²) in [7, 11) is 3.18. The largest absolute Gasteiger partial charge is 0.496 e. The highest BCUT2D eigenvalue weighted by Crippen LogP contribution is 2.36. The van der Waals surface area contributed by atoms with Gasteiger partial charge in [0.2, 0.25) is 0 Å². The van der Waals surface area contributed by atoms with Gasteiger partial charge in [-0.25, -0.2) is 0 Å². The van der Waals surface area contributed by atoms with Gasteiger partial charge in [-0.1, -0.05) is 23.7 Å². The fourth-order valence-corrected chi connectivity index (χ4v) is 4.06. The second-order valence-corrected chi connectivity index (χ2v) is 7.71. The minimum atomic E-state index is -0.950. The first-order chi connectivity index (χ1) is 13.9.